The van der Waals surface area contributed by atoms with Gasteiger partial charge in [-0.25, -0.2) is 18.4 Å². The first-order valence-electron chi connectivity index (χ1n) is 9.87. The summed E-state index contributed by atoms with van der Waals surface area (Å²) >= 11 is 0. The Morgan fingerprint density at radius 3 is 2.73 bits per heavy atom. The molecule has 5 rings (SSSR count). The fourth-order valence-corrected chi connectivity index (χ4v) is 6.55. The highest BCUT2D eigenvalue weighted by Gasteiger charge is 2.46. The largest absolute Gasteiger partial charge is 0.390 e. The minimum Gasteiger partial charge on any atom is -0.345 e. The van der Waals surface area contributed by atoms with E-state index in [9.17, 15) is 21.6 Å². The van der Waals surface area contributed by atoms with Crippen LogP contribution in [0.15, 0.2) is 24.7 Å². The van der Waals surface area contributed by atoms with Gasteiger partial charge in [-0.3, -0.25) is 4.40 Å². The van der Waals surface area contributed by atoms with Gasteiger partial charge in [0.25, 0.3) is 0 Å². The van der Waals surface area contributed by atoms with Crippen LogP contribution in [0.5, 0.6) is 0 Å². The van der Waals surface area contributed by atoms with Crippen molar-refractivity contribution < 1.29 is 21.6 Å². The normalized spacial score (nSPS) is 23.5. The lowest BCUT2D eigenvalue weighted by molar-refractivity contribution is -0.130. The first-order valence-corrected chi connectivity index (χ1v) is 11.5. The van der Waals surface area contributed by atoms with Crippen LogP contribution in [0, 0.1) is 0 Å². The van der Waals surface area contributed by atoms with E-state index in [4.69, 9.17) is 0 Å². The average Bonchev–Trinajstić information content (AvgIpc) is 3.41. The van der Waals surface area contributed by atoms with Gasteiger partial charge in [-0.15, -0.1) is 0 Å². The van der Waals surface area contributed by atoms with E-state index in [1.165, 1.54) is 4.31 Å². The van der Waals surface area contributed by atoms with Crippen LogP contribution in [0.4, 0.5) is 19.1 Å². The Morgan fingerprint density at radius 1 is 1.13 bits per heavy atom. The van der Waals surface area contributed by atoms with Gasteiger partial charge >= 0.3 is 6.18 Å². The van der Waals surface area contributed by atoms with Gasteiger partial charge in [0.05, 0.1) is 35.6 Å². The highest BCUT2D eigenvalue weighted by molar-refractivity contribution is 7.89. The number of imidazole rings is 1. The van der Waals surface area contributed by atoms with Crippen LogP contribution in [-0.4, -0.2) is 69.2 Å². The lowest BCUT2D eigenvalue weighted by Crippen LogP contribution is -2.52. The molecule has 2 aliphatic rings. The predicted octanol–water partition coefficient (Wildman–Crippen LogP) is 2.54. The van der Waals surface area contributed by atoms with E-state index >= 15 is 0 Å². The third kappa shape index (κ3) is 3.22. The van der Waals surface area contributed by atoms with Gasteiger partial charge in [0.1, 0.15) is 0 Å². The van der Waals surface area contributed by atoms with Gasteiger partial charge in [0.15, 0.2) is 5.65 Å². The monoisotopic (exact) mass is 442 g/mol. The highest BCUT2D eigenvalue weighted by Crippen LogP contribution is 2.36. The molecule has 0 saturated carbocycles. The highest BCUT2D eigenvalue weighted by atomic mass is 32.2. The number of hydrogen-bond acceptors (Lipinski definition) is 5. The molecule has 0 amide bonds. The number of H-pyrrole nitrogens is 1. The van der Waals surface area contributed by atoms with Crippen molar-refractivity contribution in [1.29, 1.82) is 0 Å². The Bertz CT molecular complexity index is 1190. The molecule has 2 atom stereocenters. The summed E-state index contributed by atoms with van der Waals surface area (Å²) in [5.74, 6) is -0.194. The number of rotatable bonds is 4. The molecule has 2 saturated heterocycles. The molecule has 0 unspecified atom stereocenters. The number of halogens is 3. The minimum atomic E-state index is -4.49. The molecule has 30 heavy (non-hydrogen) atoms. The molecular weight excluding hydrogens is 421 g/mol. The number of aromatic amines is 1. The molecule has 2 aliphatic heterocycles. The SMILES string of the molecule is O=S(=O)(CCC(F)(F)F)N1CCC[C@H]2[C@H]1CCN2c1ncc2cnc3[nH]ccc3n12. The molecule has 3 aromatic heterocycles. The zero-order valence-electron chi connectivity index (χ0n) is 16.0. The summed E-state index contributed by atoms with van der Waals surface area (Å²) in [6.45, 7) is 0.859. The van der Waals surface area contributed by atoms with Crippen LogP contribution in [0.1, 0.15) is 25.7 Å². The second-order valence-corrected chi connectivity index (χ2v) is 9.88. The number of hydrogen-bond donors (Lipinski definition) is 1. The molecule has 3 aromatic rings. The molecule has 0 spiro atoms. The maximum atomic E-state index is 12.7. The standard InChI is InChI=1S/C18H21F3N6O2S/c19-18(20,21)5-9-30(28,29)26-7-1-2-13-14(26)4-8-25(13)17-24-11-12-10-23-16-15(27(12)17)3-6-22-16/h3,6,10-11,13-14,22H,1-2,4-5,7-9H2/t13-,14+/m0/s1. The Labute approximate surface area is 170 Å². The van der Waals surface area contributed by atoms with E-state index in [0.29, 0.717) is 25.3 Å². The predicted molar refractivity (Wildman–Crippen MR) is 105 cm³/mol. The summed E-state index contributed by atoms with van der Waals surface area (Å²) in [5, 5.41) is 0. The third-order valence-corrected chi connectivity index (χ3v) is 7.95. The number of nitrogens with one attached hydrogen (secondary N) is 1. The van der Waals surface area contributed by atoms with Crippen molar-refractivity contribution in [2.75, 3.05) is 23.7 Å². The summed E-state index contributed by atoms with van der Waals surface area (Å²) < 4.78 is 66.5. The Kier molecular flexibility index (Phi) is 4.47. The molecule has 2 fully saturated rings. The van der Waals surface area contributed by atoms with Crippen molar-refractivity contribution in [3.05, 3.63) is 24.7 Å². The summed E-state index contributed by atoms with van der Waals surface area (Å²) in [6.07, 6.45) is 1.36. The summed E-state index contributed by atoms with van der Waals surface area (Å²) in [4.78, 5) is 14.1. The molecule has 0 aromatic carbocycles. The maximum absolute atomic E-state index is 12.7. The van der Waals surface area contributed by atoms with E-state index < -0.39 is 28.4 Å². The van der Waals surface area contributed by atoms with E-state index in [2.05, 4.69) is 19.9 Å². The number of alkyl halides is 3. The minimum absolute atomic E-state index is 0.118. The molecule has 0 aliphatic carbocycles. The first kappa shape index (κ1) is 19.6. The summed E-state index contributed by atoms with van der Waals surface area (Å²) in [5.41, 5.74) is 2.41. The number of sulfonamides is 1. The quantitative estimate of drug-likeness (QED) is 0.671. The van der Waals surface area contributed by atoms with Gasteiger partial charge < -0.3 is 9.88 Å². The van der Waals surface area contributed by atoms with Crippen LogP contribution in [0.3, 0.4) is 0 Å². The van der Waals surface area contributed by atoms with E-state index in [0.717, 1.165) is 23.1 Å². The molecule has 12 heteroatoms. The lowest BCUT2D eigenvalue weighted by atomic mass is 9.99. The van der Waals surface area contributed by atoms with Gasteiger partial charge in [-0.05, 0) is 25.3 Å². The van der Waals surface area contributed by atoms with E-state index in [1.54, 1.807) is 18.6 Å². The molecule has 1 N–H and O–H groups in total. The molecule has 5 heterocycles. The summed E-state index contributed by atoms with van der Waals surface area (Å²) in [6, 6.07) is 1.45. The molecule has 0 radical (unpaired) electrons. The van der Waals surface area contributed by atoms with Crippen LogP contribution < -0.4 is 4.90 Å². The smallest absolute Gasteiger partial charge is 0.345 e. The van der Waals surface area contributed by atoms with Gasteiger partial charge in [-0.1, -0.05) is 0 Å². The number of aromatic nitrogens is 4. The van der Waals surface area contributed by atoms with Crippen molar-refractivity contribution in [2.45, 2.75) is 43.9 Å². The Balaban J connectivity index is 1.46. The van der Waals surface area contributed by atoms with Gasteiger partial charge in [0.2, 0.25) is 16.0 Å². The second-order valence-electron chi connectivity index (χ2n) is 7.84. The number of anilines is 1. The fourth-order valence-electron chi connectivity index (χ4n) is 4.76. The van der Waals surface area contributed by atoms with E-state index in [-0.39, 0.29) is 18.6 Å². The zero-order valence-corrected chi connectivity index (χ0v) is 16.8. The van der Waals surface area contributed by atoms with E-state index in [1.807, 2.05) is 10.5 Å². The second kappa shape index (κ2) is 6.84. The topological polar surface area (TPSA) is 86.6 Å². The number of nitrogens with zero attached hydrogens (tertiary/aromatic N) is 5. The first-order chi connectivity index (χ1) is 14.2. The van der Waals surface area contributed by atoms with Crippen LogP contribution in [0.2, 0.25) is 0 Å². The average molecular weight is 442 g/mol. The number of piperidine rings is 1. The molecular formula is C18H21F3N6O2S. The van der Waals surface area contributed by atoms with Crippen LogP contribution in [0.25, 0.3) is 16.7 Å². The molecule has 0 bridgehead atoms. The van der Waals surface area contributed by atoms with Crippen LogP contribution in [-0.2, 0) is 10.0 Å². The van der Waals surface area contributed by atoms with Crippen molar-refractivity contribution in [3.63, 3.8) is 0 Å². The van der Waals surface area contributed by atoms with Crippen molar-refractivity contribution in [3.8, 4) is 0 Å². The van der Waals surface area contributed by atoms with Gasteiger partial charge in [0, 0.05) is 31.4 Å². The van der Waals surface area contributed by atoms with Crippen molar-refractivity contribution >= 4 is 32.7 Å². The maximum Gasteiger partial charge on any atom is 0.390 e. The number of fused-ring (bicyclic) bond motifs is 4. The molecule has 8 nitrogen and oxygen atoms in total. The van der Waals surface area contributed by atoms with Gasteiger partial charge in [-0.2, -0.15) is 17.5 Å². The Morgan fingerprint density at radius 2 is 1.93 bits per heavy atom. The Hall–Kier alpha value is -2.34. The van der Waals surface area contributed by atoms with Crippen LogP contribution >= 0.6 is 0 Å². The summed E-state index contributed by atoms with van der Waals surface area (Å²) in [7, 11) is -3.99. The van der Waals surface area contributed by atoms with Crippen molar-refractivity contribution in [2.24, 2.45) is 0 Å². The third-order valence-electron chi connectivity index (χ3n) is 6.06. The van der Waals surface area contributed by atoms with Crippen molar-refractivity contribution in [1.82, 2.24) is 23.7 Å². The zero-order chi connectivity index (χ0) is 21.1. The molecule has 162 valence electrons. The fraction of sp³-hybridized carbons (Fsp3) is 0.556. The lowest BCUT2D eigenvalue weighted by Gasteiger charge is -2.39.